The van der Waals surface area contributed by atoms with E-state index in [1.807, 2.05) is 0 Å². The van der Waals surface area contributed by atoms with Crippen LogP contribution in [0.15, 0.2) is 46.2 Å². The van der Waals surface area contributed by atoms with Crippen molar-refractivity contribution in [2.75, 3.05) is 16.8 Å². The van der Waals surface area contributed by atoms with Crippen LogP contribution < -0.4 is 16.8 Å². The number of rotatable bonds is 4. The van der Waals surface area contributed by atoms with Crippen molar-refractivity contribution in [2.45, 2.75) is 9.79 Å². The summed E-state index contributed by atoms with van der Waals surface area (Å²) in [6.07, 6.45) is 0. The molecule has 0 spiro atoms. The first-order chi connectivity index (χ1) is 10.5. The molecule has 0 atom stereocenters. The van der Waals surface area contributed by atoms with Crippen LogP contribution in [0.4, 0.5) is 22.7 Å². The van der Waals surface area contributed by atoms with Crippen molar-refractivity contribution in [3.63, 3.8) is 0 Å². The second kappa shape index (κ2) is 5.70. The van der Waals surface area contributed by atoms with E-state index in [2.05, 4.69) is 5.32 Å². The molecule has 0 aliphatic rings. The lowest BCUT2D eigenvalue weighted by Gasteiger charge is -2.12. The summed E-state index contributed by atoms with van der Waals surface area (Å²) in [4.78, 5) is -1.02. The van der Waals surface area contributed by atoms with Crippen molar-refractivity contribution in [1.82, 2.24) is 0 Å². The summed E-state index contributed by atoms with van der Waals surface area (Å²) in [5, 5.41) is 2.62. The van der Waals surface area contributed by atoms with Crippen LogP contribution in [0.5, 0.6) is 0 Å². The van der Waals surface area contributed by atoms with Gasteiger partial charge in [0.1, 0.15) is 9.79 Å². The maximum atomic E-state index is 11.4. The van der Waals surface area contributed by atoms with E-state index in [-0.39, 0.29) is 22.7 Å². The van der Waals surface area contributed by atoms with Crippen LogP contribution in [0.25, 0.3) is 0 Å². The molecule has 0 heterocycles. The van der Waals surface area contributed by atoms with E-state index < -0.39 is 30.0 Å². The summed E-state index contributed by atoms with van der Waals surface area (Å²) in [6, 6.07) is 7.33. The molecule has 0 fully saturated rings. The number of hydrogen-bond donors (Lipinski definition) is 5. The van der Waals surface area contributed by atoms with Gasteiger partial charge in [-0.05, 0) is 36.4 Å². The third-order valence-corrected chi connectivity index (χ3v) is 4.66. The first-order valence-corrected chi connectivity index (χ1v) is 8.87. The number of nitrogens with one attached hydrogen (secondary N) is 1. The Bertz CT molecular complexity index is 970. The van der Waals surface area contributed by atoms with Crippen molar-refractivity contribution in [2.24, 2.45) is 0 Å². The summed E-state index contributed by atoms with van der Waals surface area (Å²) in [5.74, 6) is 0. The lowest BCUT2D eigenvalue weighted by Crippen LogP contribution is -2.06. The normalized spacial score (nSPS) is 12.1. The van der Waals surface area contributed by atoms with Crippen LogP contribution in [-0.2, 0) is 20.2 Å². The zero-order valence-electron chi connectivity index (χ0n) is 11.5. The molecule has 7 N–H and O–H groups in total. The number of nitrogen functional groups attached to an aromatic ring is 2. The summed E-state index contributed by atoms with van der Waals surface area (Å²) >= 11 is 0. The molecule has 0 unspecified atom stereocenters. The highest BCUT2D eigenvalue weighted by Gasteiger charge is 2.18. The molecule has 2 aromatic rings. The van der Waals surface area contributed by atoms with Gasteiger partial charge < -0.3 is 16.8 Å². The molecule has 0 saturated carbocycles. The number of hydrogen-bond acceptors (Lipinski definition) is 7. The number of anilines is 4. The molecule has 0 aromatic heterocycles. The monoisotopic (exact) mass is 359 g/mol. The molecule has 0 radical (unpaired) electrons. The minimum absolute atomic E-state index is 0.0345. The molecule has 0 saturated heterocycles. The topological polar surface area (TPSA) is 173 Å². The van der Waals surface area contributed by atoms with E-state index in [9.17, 15) is 21.4 Å². The Kier molecular flexibility index (Phi) is 4.22. The zero-order valence-corrected chi connectivity index (χ0v) is 13.1. The summed E-state index contributed by atoms with van der Waals surface area (Å²) in [7, 11) is -9.10. The predicted octanol–water partition coefficient (Wildman–Crippen LogP) is 1.09. The average molecular weight is 359 g/mol. The van der Waals surface area contributed by atoms with Gasteiger partial charge in [-0.2, -0.15) is 16.8 Å². The first-order valence-electron chi connectivity index (χ1n) is 5.99. The smallest absolute Gasteiger partial charge is 0.296 e. The summed E-state index contributed by atoms with van der Waals surface area (Å²) < 4.78 is 63.5. The van der Waals surface area contributed by atoms with Gasteiger partial charge in [0.15, 0.2) is 0 Å². The van der Waals surface area contributed by atoms with Gasteiger partial charge in [0, 0.05) is 11.4 Å². The lowest BCUT2D eigenvalue weighted by atomic mass is 10.2. The van der Waals surface area contributed by atoms with Gasteiger partial charge in [0.2, 0.25) is 0 Å². The third-order valence-electron chi connectivity index (χ3n) is 2.85. The number of benzene rings is 2. The van der Waals surface area contributed by atoms with E-state index in [1.54, 1.807) is 0 Å². The van der Waals surface area contributed by atoms with Crippen LogP contribution in [0, 0.1) is 0 Å². The largest absolute Gasteiger partial charge is 0.399 e. The standard InChI is InChI=1S/C12H13N3O6S2/c13-7-1-4-10(12(5-7)23(19,20)21)15-8-2-3-9(14)11(6-8)22(16,17)18/h1-6,15H,13-14H2,(H,16,17,18)(H,19,20,21). The fourth-order valence-corrected chi connectivity index (χ4v) is 3.17. The van der Waals surface area contributed by atoms with Gasteiger partial charge in [-0.3, -0.25) is 9.11 Å². The SMILES string of the molecule is Nc1ccc(Nc2ccc(N)c(S(=O)(=O)O)c2)c(S(=O)(=O)O)c1. The average Bonchev–Trinajstić information content (AvgIpc) is 2.40. The second-order valence-electron chi connectivity index (χ2n) is 4.58. The molecule has 0 aliphatic heterocycles. The van der Waals surface area contributed by atoms with Crippen molar-refractivity contribution in [3.05, 3.63) is 36.4 Å². The lowest BCUT2D eigenvalue weighted by molar-refractivity contribution is 0.481. The van der Waals surface area contributed by atoms with Gasteiger partial charge >= 0.3 is 0 Å². The predicted molar refractivity (Wildman–Crippen MR) is 84.6 cm³/mol. The minimum atomic E-state index is -4.56. The Balaban J connectivity index is 2.53. The third kappa shape index (κ3) is 3.90. The van der Waals surface area contributed by atoms with E-state index in [0.29, 0.717) is 0 Å². The highest BCUT2D eigenvalue weighted by molar-refractivity contribution is 7.86. The van der Waals surface area contributed by atoms with Crippen molar-refractivity contribution in [1.29, 1.82) is 0 Å². The fraction of sp³-hybridized carbons (Fsp3) is 0. The van der Waals surface area contributed by atoms with Crippen LogP contribution in [0.1, 0.15) is 0 Å². The van der Waals surface area contributed by atoms with Gasteiger partial charge in [-0.15, -0.1) is 0 Å². The molecule has 0 amide bonds. The van der Waals surface area contributed by atoms with Crippen molar-refractivity contribution >= 4 is 43.0 Å². The molecule has 124 valence electrons. The van der Waals surface area contributed by atoms with Crippen LogP contribution >= 0.6 is 0 Å². The Morgan fingerprint density at radius 2 is 1.43 bits per heavy atom. The van der Waals surface area contributed by atoms with Gasteiger partial charge in [0.05, 0.1) is 11.4 Å². The molecule has 11 heteroatoms. The molecule has 9 nitrogen and oxygen atoms in total. The quantitative estimate of drug-likeness (QED) is 0.395. The fourth-order valence-electron chi connectivity index (χ4n) is 1.85. The Hall–Kier alpha value is -2.34. The van der Waals surface area contributed by atoms with E-state index >= 15 is 0 Å². The Labute approximate surface area is 132 Å². The Morgan fingerprint density at radius 1 is 0.826 bits per heavy atom. The molecule has 0 bridgehead atoms. The maximum absolute atomic E-state index is 11.4. The summed E-state index contributed by atoms with van der Waals surface area (Å²) in [5.41, 5.74) is 11.0. The molecule has 2 aromatic carbocycles. The van der Waals surface area contributed by atoms with Gasteiger partial charge in [-0.1, -0.05) is 0 Å². The van der Waals surface area contributed by atoms with Crippen LogP contribution in [0.3, 0.4) is 0 Å². The zero-order chi connectivity index (χ0) is 17.4. The highest BCUT2D eigenvalue weighted by Crippen LogP contribution is 2.29. The molecule has 23 heavy (non-hydrogen) atoms. The highest BCUT2D eigenvalue weighted by atomic mass is 32.2. The molecule has 0 aliphatic carbocycles. The van der Waals surface area contributed by atoms with E-state index in [1.165, 1.54) is 24.3 Å². The molecule has 2 rings (SSSR count). The van der Waals surface area contributed by atoms with E-state index in [4.69, 9.17) is 16.0 Å². The summed E-state index contributed by atoms with van der Waals surface area (Å²) in [6.45, 7) is 0. The Morgan fingerprint density at radius 3 is 2.00 bits per heavy atom. The van der Waals surface area contributed by atoms with Crippen molar-refractivity contribution in [3.8, 4) is 0 Å². The van der Waals surface area contributed by atoms with Crippen LogP contribution in [-0.4, -0.2) is 25.9 Å². The van der Waals surface area contributed by atoms with Crippen molar-refractivity contribution < 1.29 is 25.9 Å². The second-order valence-corrected chi connectivity index (χ2v) is 7.36. The molecular weight excluding hydrogens is 346 g/mol. The van der Waals surface area contributed by atoms with E-state index in [0.717, 1.165) is 12.1 Å². The van der Waals surface area contributed by atoms with Gasteiger partial charge in [-0.25, -0.2) is 0 Å². The number of nitrogens with two attached hydrogens (primary N) is 2. The van der Waals surface area contributed by atoms with Gasteiger partial charge in [0.25, 0.3) is 20.2 Å². The molecular formula is C12H13N3O6S2. The minimum Gasteiger partial charge on any atom is -0.399 e. The maximum Gasteiger partial charge on any atom is 0.296 e. The van der Waals surface area contributed by atoms with Crippen LogP contribution in [0.2, 0.25) is 0 Å². The first kappa shape index (κ1) is 17.0.